The number of hydrogen-bond donors (Lipinski definition) is 1. The second-order valence-electron chi connectivity index (χ2n) is 4.00. The summed E-state index contributed by atoms with van der Waals surface area (Å²) >= 11 is 0. The molecule has 0 bridgehead atoms. The zero-order chi connectivity index (χ0) is 10.4. The molecule has 1 aromatic rings. The zero-order valence-corrected chi connectivity index (χ0v) is 9.51. The summed E-state index contributed by atoms with van der Waals surface area (Å²) < 4.78 is 0. The van der Waals surface area contributed by atoms with Crippen LogP contribution in [-0.4, -0.2) is 6.04 Å². The molecule has 1 N–H and O–H groups in total. The van der Waals surface area contributed by atoms with Crippen LogP contribution in [0.4, 0.5) is 0 Å². The van der Waals surface area contributed by atoms with Gasteiger partial charge in [0.2, 0.25) is 0 Å². The van der Waals surface area contributed by atoms with Gasteiger partial charge in [0.1, 0.15) is 0 Å². The molecular formula is C13H21N. The Morgan fingerprint density at radius 3 is 2.64 bits per heavy atom. The summed E-state index contributed by atoms with van der Waals surface area (Å²) in [6, 6.07) is 9.19. The van der Waals surface area contributed by atoms with Crippen molar-refractivity contribution in [2.45, 2.75) is 46.2 Å². The van der Waals surface area contributed by atoms with Gasteiger partial charge in [0.25, 0.3) is 0 Å². The molecule has 0 aliphatic heterocycles. The molecule has 1 aromatic carbocycles. The van der Waals surface area contributed by atoms with E-state index >= 15 is 0 Å². The molecule has 0 saturated heterocycles. The molecule has 0 spiro atoms. The smallest absolute Gasteiger partial charge is 0.0210 e. The molecule has 0 aliphatic carbocycles. The van der Waals surface area contributed by atoms with Crippen LogP contribution in [0, 0.1) is 6.92 Å². The predicted molar refractivity (Wildman–Crippen MR) is 62.4 cm³/mol. The molecule has 1 nitrogen and oxygen atoms in total. The average Bonchev–Trinajstić information content (AvgIpc) is 2.17. The summed E-state index contributed by atoms with van der Waals surface area (Å²) in [5, 5.41) is 3.54. The Balaban J connectivity index is 2.41. The number of nitrogens with one attached hydrogen (secondary N) is 1. The zero-order valence-electron chi connectivity index (χ0n) is 9.51. The van der Waals surface area contributed by atoms with Gasteiger partial charge in [-0.25, -0.2) is 0 Å². The van der Waals surface area contributed by atoms with Crippen LogP contribution in [-0.2, 0) is 6.54 Å². The van der Waals surface area contributed by atoms with Gasteiger partial charge in [0, 0.05) is 12.6 Å². The van der Waals surface area contributed by atoms with Gasteiger partial charge in [-0.2, -0.15) is 0 Å². The Bertz CT molecular complexity index is 268. The van der Waals surface area contributed by atoms with Crippen molar-refractivity contribution in [1.82, 2.24) is 5.32 Å². The molecule has 0 radical (unpaired) electrons. The Labute approximate surface area is 87.5 Å². The van der Waals surface area contributed by atoms with Gasteiger partial charge >= 0.3 is 0 Å². The van der Waals surface area contributed by atoms with Crippen LogP contribution >= 0.6 is 0 Å². The molecule has 1 heteroatoms. The molecule has 1 unspecified atom stereocenters. The standard InChI is InChI=1S/C13H21N/c1-4-7-12(3)14-10-13-9-6-5-8-11(13)2/h5-6,8-9,12,14H,4,7,10H2,1-3H3. The van der Waals surface area contributed by atoms with Gasteiger partial charge in [-0.15, -0.1) is 0 Å². The Hall–Kier alpha value is -0.820. The second kappa shape index (κ2) is 5.82. The van der Waals surface area contributed by atoms with E-state index in [2.05, 4.69) is 50.4 Å². The van der Waals surface area contributed by atoms with Crippen molar-refractivity contribution in [2.24, 2.45) is 0 Å². The number of hydrogen-bond acceptors (Lipinski definition) is 1. The summed E-state index contributed by atoms with van der Waals surface area (Å²) in [4.78, 5) is 0. The number of rotatable bonds is 5. The van der Waals surface area contributed by atoms with Gasteiger partial charge in [-0.05, 0) is 31.4 Å². The van der Waals surface area contributed by atoms with Gasteiger partial charge < -0.3 is 5.32 Å². The first kappa shape index (κ1) is 11.3. The van der Waals surface area contributed by atoms with E-state index in [1.165, 1.54) is 24.0 Å². The van der Waals surface area contributed by atoms with Crippen LogP contribution < -0.4 is 5.32 Å². The molecule has 0 heterocycles. The maximum atomic E-state index is 3.54. The summed E-state index contributed by atoms with van der Waals surface area (Å²) in [6.45, 7) is 7.64. The van der Waals surface area contributed by atoms with Gasteiger partial charge in [-0.1, -0.05) is 37.6 Å². The normalized spacial score (nSPS) is 12.8. The lowest BCUT2D eigenvalue weighted by Gasteiger charge is -2.13. The van der Waals surface area contributed by atoms with Crippen molar-refractivity contribution in [2.75, 3.05) is 0 Å². The third-order valence-electron chi connectivity index (χ3n) is 2.62. The highest BCUT2D eigenvalue weighted by molar-refractivity contribution is 5.25. The van der Waals surface area contributed by atoms with Crippen LogP contribution in [0.1, 0.15) is 37.8 Å². The summed E-state index contributed by atoms with van der Waals surface area (Å²) in [5.41, 5.74) is 2.79. The van der Waals surface area contributed by atoms with Crippen molar-refractivity contribution >= 4 is 0 Å². The third kappa shape index (κ3) is 3.51. The van der Waals surface area contributed by atoms with E-state index in [9.17, 15) is 0 Å². The van der Waals surface area contributed by atoms with Crippen LogP contribution in [0.15, 0.2) is 24.3 Å². The highest BCUT2D eigenvalue weighted by Crippen LogP contribution is 2.07. The van der Waals surface area contributed by atoms with E-state index in [-0.39, 0.29) is 0 Å². The molecular weight excluding hydrogens is 170 g/mol. The number of aryl methyl sites for hydroxylation is 1. The second-order valence-corrected chi connectivity index (χ2v) is 4.00. The lowest BCUT2D eigenvalue weighted by atomic mass is 10.1. The Morgan fingerprint density at radius 2 is 2.00 bits per heavy atom. The molecule has 0 aliphatic rings. The van der Waals surface area contributed by atoms with Gasteiger partial charge in [0.05, 0.1) is 0 Å². The molecule has 78 valence electrons. The molecule has 0 fully saturated rings. The van der Waals surface area contributed by atoms with E-state index in [1.54, 1.807) is 0 Å². The summed E-state index contributed by atoms with van der Waals surface area (Å²) in [6.07, 6.45) is 2.51. The predicted octanol–water partition coefficient (Wildman–Crippen LogP) is 3.27. The first-order valence-electron chi connectivity index (χ1n) is 5.52. The third-order valence-corrected chi connectivity index (χ3v) is 2.62. The van der Waals surface area contributed by atoms with Gasteiger partial charge in [0.15, 0.2) is 0 Å². The minimum Gasteiger partial charge on any atom is -0.310 e. The van der Waals surface area contributed by atoms with Crippen molar-refractivity contribution < 1.29 is 0 Å². The summed E-state index contributed by atoms with van der Waals surface area (Å²) in [7, 11) is 0. The fraction of sp³-hybridized carbons (Fsp3) is 0.538. The van der Waals surface area contributed by atoms with Crippen LogP contribution in [0.3, 0.4) is 0 Å². The average molecular weight is 191 g/mol. The lowest BCUT2D eigenvalue weighted by molar-refractivity contribution is 0.508. The van der Waals surface area contributed by atoms with E-state index < -0.39 is 0 Å². The van der Waals surface area contributed by atoms with Crippen molar-refractivity contribution in [3.8, 4) is 0 Å². The Morgan fingerprint density at radius 1 is 1.29 bits per heavy atom. The first-order valence-corrected chi connectivity index (χ1v) is 5.52. The Kier molecular flexibility index (Phi) is 4.68. The molecule has 1 atom stereocenters. The maximum absolute atomic E-state index is 3.54. The molecule has 14 heavy (non-hydrogen) atoms. The van der Waals surface area contributed by atoms with E-state index in [4.69, 9.17) is 0 Å². The van der Waals surface area contributed by atoms with Crippen molar-refractivity contribution in [1.29, 1.82) is 0 Å². The minimum atomic E-state index is 0.625. The largest absolute Gasteiger partial charge is 0.310 e. The molecule has 1 rings (SSSR count). The topological polar surface area (TPSA) is 12.0 Å². The number of benzene rings is 1. The van der Waals surface area contributed by atoms with Gasteiger partial charge in [-0.3, -0.25) is 0 Å². The minimum absolute atomic E-state index is 0.625. The van der Waals surface area contributed by atoms with Crippen molar-refractivity contribution in [3.05, 3.63) is 35.4 Å². The quantitative estimate of drug-likeness (QED) is 0.753. The fourth-order valence-corrected chi connectivity index (χ4v) is 1.63. The SMILES string of the molecule is CCCC(C)NCc1ccccc1C. The van der Waals surface area contributed by atoms with Crippen LogP contribution in [0.2, 0.25) is 0 Å². The molecule has 0 amide bonds. The maximum Gasteiger partial charge on any atom is 0.0210 e. The highest BCUT2D eigenvalue weighted by Gasteiger charge is 2.00. The molecule has 0 saturated carbocycles. The van der Waals surface area contributed by atoms with Crippen LogP contribution in [0.25, 0.3) is 0 Å². The molecule has 0 aromatic heterocycles. The highest BCUT2D eigenvalue weighted by atomic mass is 14.9. The lowest BCUT2D eigenvalue weighted by Crippen LogP contribution is -2.25. The first-order chi connectivity index (χ1) is 6.74. The summed E-state index contributed by atoms with van der Waals surface area (Å²) in [5.74, 6) is 0. The van der Waals surface area contributed by atoms with Crippen molar-refractivity contribution in [3.63, 3.8) is 0 Å². The van der Waals surface area contributed by atoms with Crippen LogP contribution in [0.5, 0.6) is 0 Å². The monoisotopic (exact) mass is 191 g/mol. The fourth-order valence-electron chi connectivity index (χ4n) is 1.63. The van der Waals surface area contributed by atoms with E-state index in [0.717, 1.165) is 6.54 Å². The van der Waals surface area contributed by atoms with E-state index in [0.29, 0.717) is 6.04 Å². The van der Waals surface area contributed by atoms with E-state index in [1.807, 2.05) is 0 Å².